The van der Waals surface area contributed by atoms with Crippen molar-refractivity contribution in [2.24, 2.45) is 11.8 Å². The third-order valence-corrected chi connectivity index (χ3v) is 3.27. The first-order chi connectivity index (χ1) is 7.65. The van der Waals surface area contributed by atoms with Gasteiger partial charge >= 0.3 is 5.97 Å². The monoisotopic (exact) mass is 238 g/mol. The van der Waals surface area contributed by atoms with Gasteiger partial charge in [-0.25, -0.2) is 0 Å². The number of carboxylic acids is 1. The van der Waals surface area contributed by atoms with Crippen molar-refractivity contribution in [3.8, 4) is 0 Å². The van der Waals surface area contributed by atoms with Gasteiger partial charge in [0.15, 0.2) is 0 Å². The maximum atomic E-state index is 11.1. The van der Waals surface area contributed by atoms with Crippen LogP contribution in [0.2, 0.25) is 5.02 Å². The zero-order valence-electron chi connectivity index (χ0n) is 9.03. The molecule has 86 valence electrons. The number of aliphatic carboxylic acids is 1. The van der Waals surface area contributed by atoms with Crippen LogP contribution in [0.1, 0.15) is 24.8 Å². The van der Waals surface area contributed by atoms with E-state index in [1.54, 1.807) is 0 Å². The van der Waals surface area contributed by atoms with Gasteiger partial charge in [-0.1, -0.05) is 36.6 Å². The summed E-state index contributed by atoms with van der Waals surface area (Å²) in [5, 5.41) is 9.82. The fourth-order valence-corrected chi connectivity index (χ4v) is 2.19. The first-order valence-corrected chi connectivity index (χ1v) is 6.00. The fraction of sp³-hybridized carbons (Fsp3) is 0.462. The van der Waals surface area contributed by atoms with Gasteiger partial charge in [0.05, 0.1) is 5.92 Å². The number of hydrogen-bond donors (Lipinski definition) is 1. The highest BCUT2D eigenvalue weighted by Gasteiger charge is 2.29. The second-order valence-corrected chi connectivity index (χ2v) is 4.98. The Hall–Kier alpha value is -1.02. The van der Waals surface area contributed by atoms with Crippen molar-refractivity contribution < 1.29 is 9.90 Å². The molecular formula is C13H15ClO2. The Kier molecular flexibility index (Phi) is 3.49. The molecule has 1 unspecified atom stereocenters. The lowest BCUT2D eigenvalue weighted by Gasteiger charge is -2.11. The van der Waals surface area contributed by atoms with Crippen molar-refractivity contribution in [2.45, 2.75) is 25.7 Å². The van der Waals surface area contributed by atoms with E-state index < -0.39 is 5.97 Å². The lowest BCUT2D eigenvalue weighted by Crippen LogP contribution is -2.17. The molecule has 16 heavy (non-hydrogen) atoms. The molecule has 0 aromatic heterocycles. The summed E-state index contributed by atoms with van der Waals surface area (Å²) in [5.74, 6) is -0.307. The Bertz CT molecular complexity index is 385. The standard InChI is InChI=1S/C13H15ClO2/c14-12-3-1-2-10(8-12)7-11(13(15)16)6-9-4-5-9/h1-3,8-9,11H,4-7H2,(H,15,16). The largest absolute Gasteiger partial charge is 0.481 e. The molecule has 1 N–H and O–H groups in total. The van der Waals surface area contributed by atoms with Crippen molar-refractivity contribution >= 4 is 17.6 Å². The van der Waals surface area contributed by atoms with Gasteiger partial charge in [0.25, 0.3) is 0 Å². The summed E-state index contributed by atoms with van der Waals surface area (Å²) in [7, 11) is 0. The molecule has 1 aliphatic carbocycles. The minimum absolute atomic E-state index is 0.258. The summed E-state index contributed by atoms with van der Waals surface area (Å²) in [4.78, 5) is 11.1. The molecule has 2 nitrogen and oxygen atoms in total. The number of hydrogen-bond acceptors (Lipinski definition) is 1. The molecule has 2 rings (SSSR count). The number of halogens is 1. The Balaban J connectivity index is 2.01. The smallest absolute Gasteiger partial charge is 0.306 e. The lowest BCUT2D eigenvalue weighted by molar-refractivity contribution is -0.142. The van der Waals surface area contributed by atoms with E-state index in [0.29, 0.717) is 17.4 Å². The van der Waals surface area contributed by atoms with E-state index in [2.05, 4.69) is 0 Å². The Morgan fingerprint density at radius 2 is 2.25 bits per heavy atom. The molecule has 1 fully saturated rings. The molecule has 1 aliphatic rings. The first kappa shape index (κ1) is 11.5. The number of rotatable bonds is 5. The van der Waals surface area contributed by atoms with Gasteiger partial charge in [0, 0.05) is 5.02 Å². The summed E-state index contributed by atoms with van der Waals surface area (Å²) in [6.07, 6.45) is 3.78. The van der Waals surface area contributed by atoms with Crippen LogP contribution >= 0.6 is 11.6 Å². The molecule has 1 saturated carbocycles. The van der Waals surface area contributed by atoms with Crippen molar-refractivity contribution in [1.29, 1.82) is 0 Å². The van der Waals surface area contributed by atoms with Crippen molar-refractivity contribution in [2.75, 3.05) is 0 Å². The van der Waals surface area contributed by atoms with Crippen LogP contribution in [0.4, 0.5) is 0 Å². The van der Waals surface area contributed by atoms with Crippen molar-refractivity contribution in [3.05, 3.63) is 34.9 Å². The van der Waals surface area contributed by atoms with E-state index in [0.717, 1.165) is 12.0 Å². The van der Waals surface area contributed by atoms with Gasteiger partial charge in [-0.05, 0) is 36.5 Å². The molecule has 0 heterocycles. The summed E-state index contributed by atoms with van der Waals surface area (Å²) < 4.78 is 0. The van der Waals surface area contributed by atoms with Gasteiger partial charge < -0.3 is 5.11 Å². The zero-order chi connectivity index (χ0) is 11.5. The third-order valence-electron chi connectivity index (χ3n) is 3.04. The average Bonchev–Trinajstić information content (AvgIpc) is 3.00. The van der Waals surface area contributed by atoms with Gasteiger partial charge in [-0.15, -0.1) is 0 Å². The Morgan fingerprint density at radius 3 is 2.81 bits per heavy atom. The van der Waals surface area contributed by atoms with Crippen LogP contribution in [0.15, 0.2) is 24.3 Å². The van der Waals surface area contributed by atoms with E-state index in [9.17, 15) is 4.79 Å². The van der Waals surface area contributed by atoms with Crippen molar-refractivity contribution in [1.82, 2.24) is 0 Å². The number of benzene rings is 1. The first-order valence-electron chi connectivity index (χ1n) is 5.62. The summed E-state index contributed by atoms with van der Waals surface area (Å²) in [6, 6.07) is 7.47. The van der Waals surface area contributed by atoms with Crippen molar-refractivity contribution in [3.63, 3.8) is 0 Å². The SMILES string of the molecule is O=C(O)C(Cc1cccc(Cl)c1)CC1CC1. The maximum Gasteiger partial charge on any atom is 0.306 e. The Morgan fingerprint density at radius 1 is 1.50 bits per heavy atom. The van der Waals surface area contributed by atoms with Crippen LogP contribution in [0.3, 0.4) is 0 Å². The topological polar surface area (TPSA) is 37.3 Å². The van der Waals surface area contributed by atoms with Crippen LogP contribution in [0.25, 0.3) is 0 Å². The highest BCUT2D eigenvalue weighted by atomic mass is 35.5. The summed E-state index contributed by atoms with van der Waals surface area (Å²) >= 11 is 5.88. The average molecular weight is 239 g/mol. The van der Waals surface area contributed by atoms with Gasteiger partial charge in [0.2, 0.25) is 0 Å². The summed E-state index contributed by atoms with van der Waals surface area (Å²) in [6.45, 7) is 0. The molecule has 0 spiro atoms. The summed E-state index contributed by atoms with van der Waals surface area (Å²) in [5.41, 5.74) is 1.01. The van der Waals surface area contributed by atoms with Crippen LogP contribution in [-0.2, 0) is 11.2 Å². The number of carbonyl (C=O) groups is 1. The lowest BCUT2D eigenvalue weighted by atomic mass is 9.94. The molecule has 0 aliphatic heterocycles. The molecule has 1 atom stereocenters. The molecule has 1 aromatic carbocycles. The predicted molar refractivity (Wildman–Crippen MR) is 63.6 cm³/mol. The second-order valence-electron chi connectivity index (χ2n) is 4.55. The van der Waals surface area contributed by atoms with Gasteiger partial charge in [0.1, 0.15) is 0 Å². The van der Waals surface area contributed by atoms with E-state index in [-0.39, 0.29) is 5.92 Å². The van der Waals surface area contributed by atoms with E-state index in [1.807, 2.05) is 24.3 Å². The molecule has 0 radical (unpaired) electrons. The third kappa shape index (κ3) is 3.24. The molecule has 0 amide bonds. The predicted octanol–water partition coefficient (Wildman–Crippen LogP) is 3.38. The quantitative estimate of drug-likeness (QED) is 0.854. The highest BCUT2D eigenvalue weighted by Crippen LogP contribution is 2.36. The number of carboxylic acid groups (broad SMARTS) is 1. The highest BCUT2D eigenvalue weighted by molar-refractivity contribution is 6.30. The Labute approximate surface area is 100 Å². The van der Waals surface area contributed by atoms with E-state index in [4.69, 9.17) is 16.7 Å². The second kappa shape index (κ2) is 4.88. The minimum Gasteiger partial charge on any atom is -0.481 e. The van der Waals surface area contributed by atoms with E-state index >= 15 is 0 Å². The molecular weight excluding hydrogens is 224 g/mol. The minimum atomic E-state index is -0.688. The van der Waals surface area contributed by atoms with Crippen LogP contribution in [0.5, 0.6) is 0 Å². The van der Waals surface area contributed by atoms with Crippen LogP contribution in [0, 0.1) is 11.8 Å². The fourth-order valence-electron chi connectivity index (χ4n) is 1.98. The molecule has 3 heteroatoms. The normalized spacial score (nSPS) is 17.1. The maximum absolute atomic E-state index is 11.1. The van der Waals surface area contributed by atoms with E-state index in [1.165, 1.54) is 12.8 Å². The van der Waals surface area contributed by atoms with Gasteiger partial charge in [-0.3, -0.25) is 4.79 Å². The zero-order valence-corrected chi connectivity index (χ0v) is 9.78. The molecule has 0 saturated heterocycles. The molecule has 0 bridgehead atoms. The van der Waals surface area contributed by atoms with Crippen LogP contribution < -0.4 is 0 Å². The van der Waals surface area contributed by atoms with Crippen LogP contribution in [-0.4, -0.2) is 11.1 Å². The van der Waals surface area contributed by atoms with Gasteiger partial charge in [-0.2, -0.15) is 0 Å². The molecule has 1 aromatic rings.